The number of nitriles is 1. The molecule has 0 aromatic carbocycles. The van der Waals surface area contributed by atoms with Gasteiger partial charge in [0.25, 0.3) is 0 Å². The van der Waals surface area contributed by atoms with E-state index in [2.05, 4.69) is 6.07 Å². The highest BCUT2D eigenvalue weighted by molar-refractivity contribution is 5.73. The van der Waals surface area contributed by atoms with Gasteiger partial charge in [-0.3, -0.25) is 4.79 Å². The number of rotatable bonds is 1. The average Bonchev–Trinajstić information content (AvgIpc) is 2.15. The van der Waals surface area contributed by atoms with Crippen LogP contribution in [0.5, 0.6) is 0 Å². The molecule has 84 valence electrons. The summed E-state index contributed by atoms with van der Waals surface area (Å²) in [6, 6.07) is 2.22. The van der Waals surface area contributed by atoms with Crippen LogP contribution in [0.1, 0.15) is 46.5 Å². The molecule has 0 heterocycles. The predicted molar refractivity (Wildman–Crippen MR) is 56.9 cm³/mol. The van der Waals surface area contributed by atoms with Gasteiger partial charge in [-0.25, -0.2) is 0 Å². The summed E-state index contributed by atoms with van der Waals surface area (Å²) in [7, 11) is 0. The largest absolute Gasteiger partial charge is 0.460 e. The molecule has 2 unspecified atom stereocenters. The van der Waals surface area contributed by atoms with E-state index >= 15 is 0 Å². The van der Waals surface area contributed by atoms with Crippen molar-refractivity contribution in [1.82, 2.24) is 0 Å². The molecular weight excluding hydrogens is 190 g/mol. The van der Waals surface area contributed by atoms with Crippen molar-refractivity contribution in [1.29, 1.82) is 5.26 Å². The van der Waals surface area contributed by atoms with E-state index in [4.69, 9.17) is 10.00 Å². The third-order valence-corrected chi connectivity index (χ3v) is 2.64. The summed E-state index contributed by atoms with van der Waals surface area (Å²) in [5, 5.41) is 8.95. The van der Waals surface area contributed by atoms with Crippen LogP contribution in [0, 0.1) is 23.2 Å². The zero-order valence-electron chi connectivity index (χ0n) is 9.75. The fourth-order valence-electron chi connectivity index (χ4n) is 1.94. The Kier molecular flexibility index (Phi) is 3.73. The van der Waals surface area contributed by atoms with E-state index in [1.165, 1.54) is 0 Å². The number of esters is 1. The third-order valence-electron chi connectivity index (χ3n) is 2.64. The fraction of sp³-hybridized carbons (Fsp3) is 0.833. The minimum atomic E-state index is -0.450. The summed E-state index contributed by atoms with van der Waals surface area (Å²) in [5.74, 6) is -0.551. The van der Waals surface area contributed by atoms with Gasteiger partial charge in [0.05, 0.1) is 17.9 Å². The van der Waals surface area contributed by atoms with Crippen molar-refractivity contribution in [2.45, 2.75) is 52.1 Å². The Morgan fingerprint density at radius 3 is 2.47 bits per heavy atom. The van der Waals surface area contributed by atoms with Crippen LogP contribution in [0.4, 0.5) is 0 Å². The molecule has 15 heavy (non-hydrogen) atoms. The second kappa shape index (κ2) is 4.65. The number of carbonyl (C=O) groups is 1. The Balaban J connectivity index is 2.61. The summed E-state index contributed by atoms with van der Waals surface area (Å²) in [6.45, 7) is 5.57. The van der Waals surface area contributed by atoms with Crippen molar-refractivity contribution < 1.29 is 9.53 Å². The zero-order chi connectivity index (χ0) is 11.5. The highest BCUT2D eigenvalue weighted by Gasteiger charge is 2.33. The zero-order valence-corrected chi connectivity index (χ0v) is 9.75. The Labute approximate surface area is 91.4 Å². The highest BCUT2D eigenvalue weighted by Crippen LogP contribution is 2.31. The van der Waals surface area contributed by atoms with E-state index < -0.39 is 5.60 Å². The van der Waals surface area contributed by atoms with E-state index in [-0.39, 0.29) is 17.8 Å². The first-order valence-corrected chi connectivity index (χ1v) is 5.56. The van der Waals surface area contributed by atoms with Crippen LogP contribution in [-0.2, 0) is 9.53 Å². The van der Waals surface area contributed by atoms with Gasteiger partial charge in [0.2, 0.25) is 0 Å². The first-order chi connectivity index (χ1) is 6.94. The highest BCUT2D eigenvalue weighted by atomic mass is 16.6. The fourth-order valence-corrected chi connectivity index (χ4v) is 1.94. The molecule has 2 atom stereocenters. The van der Waals surface area contributed by atoms with Gasteiger partial charge in [0.15, 0.2) is 0 Å². The molecule has 0 bridgehead atoms. The van der Waals surface area contributed by atoms with Crippen LogP contribution in [-0.4, -0.2) is 11.6 Å². The number of carbonyl (C=O) groups excluding carboxylic acids is 1. The number of hydrogen-bond acceptors (Lipinski definition) is 3. The molecule has 0 N–H and O–H groups in total. The first-order valence-electron chi connectivity index (χ1n) is 5.56. The van der Waals surface area contributed by atoms with Crippen molar-refractivity contribution in [3.8, 4) is 6.07 Å². The van der Waals surface area contributed by atoms with Crippen LogP contribution in [0.25, 0.3) is 0 Å². The molecule has 0 radical (unpaired) electrons. The van der Waals surface area contributed by atoms with Gasteiger partial charge >= 0.3 is 5.97 Å². The van der Waals surface area contributed by atoms with Gasteiger partial charge in [0.1, 0.15) is 5.60 Å². The topological polar surface area (TPSA) is 50.1 Å². The maximum Gasteiger partial charge on any atom is 0.310 e. The minimum absolute atomic E-state index is 0.145. The van der Waals surface area contributed by atoms with Crippen LogP contribution < -0.4 is 0 Å². The second-order valence-electron chi connectivity index (χ2n) is 5.16. The first kappa shape index (κ1) is 12.0. The van der Waals surface area contributed by atoms with E-state index in [0.29, 0.717) is 0 Å². The van der Waals surface area contributed by atoms with Crippen LogP contribution in [0.15, 0.2) is 0 Å². The molecule has 1 aliphatic rings. The van der Waals surface area contributed by atoms with E-state index in [9.17, 15) is 4.79 Å². The third kappa shape index (κ3) is 3.54. The monoisotopic (exact) mass is 209 g/mol. The number of hydrogen-bond donors (Lipinski definition) is 0. The summed E-state index contributed by atoms with van der Waals surface area (Å²) in [6.07, 6.45) is 3.72. The number of ether oxygens (including phenoxy) is 1. The van der Waals surface area contributed by atoms with Gasteiger partial charge in [0, 0.05) is 0 Å². The molecule has 0 amide bonds. The summed E-state index contributed by atoms with van der Waals surface area (Å²) in [5.41, 5.74) is -0.450. The van der Waals surface area contributed by atoms with E-state index in [0.717, 1.165) is 25.7 Å². The molecule has 3 heteroatoms. The molecule has 0 spiro atoms. The lowest BCUT2D eigenvalue weighted by Crippen LogP contribution is -2.33. The molecule has 0 saturated heterocycles. The summed E-state index contributed by atoms with van der Waals surface area (Å²) < 4.78 is 5.32. The Morgan fingerprint density at radius 1 is 1.33 bits per heavy atom. The van der Waals surface area contributed by atoms with Gasteiger partial charge in [-0.15, -0.1) is 0 Å². The van der Waals surface area contributed by atoms with Gasteiger partial charge in [-0.1, -0.05) is 12.8 Å². The van der Waals surface area contributed by atoms with Gasteiger partial charge in [-0.05, 0) is 33.6 Å². The normalized spacial score (nSPS) is 26.8. The standard InChI is InChI=1S/C12H19NO2/c1-12(2,3)15-11(14)10-7-5-4-6-9(10)8-13/h9-10H,4-7H2,1-3H3. The van der Waals surface area contributed by atoms with Gasteiger partial charge < -0.3 is 4.74 Å². The van der Waals surface area contributed by atoms with Crippen molar-refractivity contribution >= 4 is 5.97 Å². The molecule has 0 aromatic rings. The van der Waals surface area contributed by atoms with E-state index in [1.807, 2.05) is 20.8 Å². The van der Waals surface area contributed by atoms with E-state index in [1.54, 1.807) is 0 Å². The molecule has 1 rings (SSSR count). The molecular formula is C12H19NO2. The number of nitrogens with zero attached hydrogens (tertiary/aromatic N) is 1. The lowest BCUT2D eigenvalue weighted by molar-refractivity contribution is -0.162. The second-order valence-corrected chi connectivity index (χ2v) is 5.16. The smallest absolute Gasteiger partial charge is 0.310 e. The Hall–Kier alpha value is -1.04. The van der Waals surface area contributed by atoms with Crippen molar-refractivity contribution in [2.75, 3.05) is 0 Å². The minimum Gasteiger partial charge on any atom is -0.460 e. The SMILES string of the molecule is CC(C)(C)OC(=O)C1CCCCC1C#N. The molecule has 0 aliphatic heterocycles. The van der Waals surface area contributed by atoms with Crippen molar-refractivity contribution in [3.05, 3.63) is 0 Å². The lowest BCUT2D eigenvalue weighted by atomic mass is 9.80. The van der Waals surface area contributed by atoms with Crippen molar-refractivity contribution in [3.63, 3.8) is 0 Å². The average molecular weight is 209 g/mol. The van der Waals surface area contributed by atoms with Crippen molar-refractivity contribution in [2.24, 2.45) is 11.8 Å². The molecule has 1 fully saturated rings. The maximum absolute atomic E-state index is 11.8. The van der Waals surface area contributed by atoms with Gasteiger partial charge in [-0.2, -0.15) is 5.26 Å². The quantitative estimate of drug-likeness (QED) is 0.624. The summed E-state index contributed by atoms with van der Waals surface area (Å²) >= 11 is 0. The maximum atomic E-state index is 11.8. The molecule has 1 aliphatic carbocycles. The summed E-state index contributed by atoms with van der Waals surface area (Å²) in [4.78, 5) is 11.8. The van der Waals surface area contributed by atoms with Crippen LogP contribution >= 0.6 is 0 Å². The molecule has 1 saturated carbocycles. The van der Waals surface area contributed by atoms with Crippen LogP contribution in [0.3, 0.4) is 0 Å². The Morgan fingerprint density at radius 2 is 1.93 bits per heavy atom. The molecule has 0 aromatic heterocycles. The Bertz CT molecular complexity index is 272. The van der Waals surface area contributed by atoms with Crippen LogP contribution in [0.2, 0.25) is 0 Å². The molecule has 3 nitrogen and oxygen atoms in total. The predicted octanol–water partition coefficient (Wildman–Crippen LogP) is 2.66. The lowest BCUT2D eigenvalue weighted by Gasteiger charge is -2.28.